The van der Waals surface area contributed by atoms with Gasteiger partial charge in [0.1, 0.15) is 11.0 Å². The fraction of sp³-hybridized carbons (Fsp3) is 0.692. The zero-order valence-electron chi connectivity index (χ0n) is 12.6. The van der Waals surface area contributed by atoms with E-state index >= 15 is 0 Å². The molecule has 0 unspecified atom stereocenters. The van der Waals surface area contributed by atoms with Gasteiger partial charge < -0.3 is 5.32 Å². The highest BCUT2D eigenvalue weighted by Gasteiger charge is 2.52. The van der Waals surface area contributed by atoms with Crippen LogP contribution in [0.25, 0.3) is 0 Å². The summed E-state index contributed by atoms with van der Waals surface area (Å²) in [4.78, 5) is 18.5. The largest absolute Gasteiger partial charge is 0.358 e. The van der Waals surface area contributed by atoms with E-state index in [9.17, 15) is 13.2 Å². The molecule has 0 aliphatic carbocycles. The van der Waals surface area contributed by atoms with Crippen molar-refractivity contribution >= 4 is 27.3 Å². The lowest BCUT2D eigenvalue weighted by Crippen LogP contribution is -2.49. The van der Waals surface area contributed by atoms with Crippen LogP contribution in [0.1, 0.15) is 11.4 Å². The van der Waals surface area contributed by atoms with E-state index in [1.807, 2.05) is 5.38 Å². The van der Waals surface area contributed by atoms with E-state index in [1.165, 1.54) is 10.6 Å². The van der Waals surface area contributed by atoms with Gasteiger partial charge in [-0.15, -0.1) is 11.3 Å². The molecule has 7 nitrogen and oxygen atoms in total. The zero-order chi connectivity index (χ0) is 15.9. The summed E-state index contributed by atoms with van der Waals surface area (Å²) >= 11 is 1.60. The van der Waals surface area contributed by atoms with E-state index < -0.39 is 16.1 Å². The van der Waals surface area contributed by atoms with Crippen molar-refractivity contribution in [3.05, 3.63) is 16.6 Å². The SMILES string of the molecule is CNC(=O)[C@H]1C[C@@H]2CN(Cc3nccs3)C[C@@H]2N1S(C)(=O)=O. The van der Waals surface area contributed by atoms with Crippen LogP contribution < -0.4 is 5.32 Å². The quantitative estimate of drug-likeness (QED) is 0.813. The molecular weight excluding hydrogens is 324 g/mol. The first kappa shape index (κ1) is 15.9. The fourth-order valence-corrected chi connectivity index (χ4v) is 5.63. The van der Waals surface area contributed by atoms with Crippen molar-refractivity contribution in [3.63, 3.8) is 0 Å². The van der Waals surface area contributed by atoms with Gasteiger partial charge in [0, 0.05) is 37.8 Å². The molecule has 0 bridgehead atoms. The highest BCUT2D eigenvalue weighted by Crippen LogP contribution is 2.38. The van der Waals surface area contributed by atoms with E-state index in [0.717, 1.165) is 18.1 Å². The summed E-state index contributed by atoms with van der Waals surface area (Å²) in [6, 6.07) is -0.686. The molecule has 1 aromatic rings. The van der Waals surface area contributed by atoms with Crippen LogP contribution in [0.5, 0.6) is 0 Å². The van der Waals surface area contributed by atoms with E-state index in [1.54, 1.807) is 24.6 Å². The minimum atomic E-state index is -3.41. The average Bonchev–Trinajstić information content (AvgIpc) is 3.11. The number of amides is 1. The molecule has 9 heteroatoms. The molecule has 2 aliphatic rings. The number of aromatic nitrogens is 1. The molecule has 2 fully saturated rings. The molecule has 2 aliphatic heterocycles. The third-order valence-electron chi connectivity index (χ3n) is 4.42. The number of hydrogen-bond donors (Lipinski definition) is 1. The van der Waals surface area contributed by atoms with Crippen molar-refractivity contribution in [2.75, 3.05) is 26.4 Å². The number of likely N-dealkylation sites (tertiary alicyclic amines) is 1. The van der Waals surface area contributed by atoms with Crippen LogP contribution in [0.4, 0.5) is 0 Å². The van der Waals surface area contributed by atoms with Crippen LogP contribution >= 0.6 is 11.3 Å². The minimum Gasteiger partial charge on any atom is -0.358 e. The number of likely N-dealkylation sites (N-methyl/N-ethyl adjacent to an activating group) is 1. The molecule has 0 aromatic carbocycles. The fourth-order valence-electron chi connectivity index (χ4n) is 3.60. The highest BCUT2D eigenvalue weighted by molar-refractivity contribution is 7.88. The zero-order valence-corrected chi connectivity index (χ0v) is 14.2. The average molecular weight is 344 g/mol. The van der Waals surface area contributed by atoms with Gasteiger partial charge in [-0.25, -0.2) is 13.4 Å². The number of sulfonamides is 1. The third kappa shape index (κ3) is 2.90. The Morgan fingerprint density at radius 2 is 2.27 bits per heavy atom. The van der Waals surface area contributed by atoms with Crippen molar-refractivity contribution in [3.8, 4) is 0 Å². The Hall–Kier alpha value is -1.03. The number of carbonyl (C=O) groups excluding carboxylic acids is 1. The molecule has 3 rings (SSSR count). The van der Waals surface area contributed by atoms with Crippen molar-refractivity contribution in [2.45, 2.75) is 25.0 Å². The maximum absolute atomic E-state index is 12.1. The first-order valence-electron chi connectivity index (χ1n) is 7.21. The van der Waals surface area contributed by atoms with Gasteiger partial charge in [-0.3, -0.25) is 9.69 Å². The molecule has 0 radical (unpaired) electrons. The second-order valence-electron chi connectivity index (χ2n) is 5.91. The standard InChI is InChI=1S/C13H20N4O3S2/c1-14-13(18)10-5-9-6-16(8-12-15-3-4-21-12)7-11(9)17(10)22(2,19)20/h3-4,9-11H,5-8H2,1-2H3,(H,14,18)/t9-,10-,11+/m1/s1. The molecule has 122 valence electrons. The molecule has 0 spiro atoms. The molecule has 1 amide bonds. The monoisotopic (exact) mass is 344 g/mol. The van der Waals surface area contributed by atoms with Gasteiger partial charge in [0.15, 0.2) is 0 Å². The molecule has 22 heavy (non-hydrogen) atoms. The van der Waals surface area contributed by atoms with Gasteiger partial charge in [0.05, 0.1) is 12.8 Å². The highest BCUT2D eigenvalue weighted by atomic mass is 32.2. The molecule has 0 saturated carbocycles. The van der Waals surface area contributed by atoms with Crippen molar-refractivity contribution in [2.24, 2.45) is 5.92 Å². The lowest BCUT2D eigenvalue weighted by atomic mass is 10.0. The van der Waals surface area contributed by atoms with Crippen LogP contribution in [0.2, 0.25) is 0 Å². The Labute approximate surface area is 134 Å². The summed E-state index contributed by atoms with van der Waals surface area (Å²) in [7, 11) is -1.87. The van der Waals surface area contributed by atoms with E-state index in [4.69, 9.17) is 0 Å². The van der Waals surface area contributed by atoms with Gasteiger partial charge in [-0.05, 0) is 12.3 Å². The van der Waals surface area contributed by atoms with Gasteiger partial charge in [0.25, 0.3) is 0 Å². The summed E-state index contributed by atoms with van der Waals surface area (Å²) in [6.07, 6.45) is 3.56. The molecule has 1 aromatic heterocycles. The third-order valence-corrected chi connectivity index (χ3v) is 6.47. The first-order chi connectivity index (χ1) is 10.4. The Morgan fingerprint density at radius 1 is 1.50 bits per heavy atom. The Kier molecular flexibility index (Phi) is 4.23. The number of nitrogens with zero attached hydrogens (tertiary/aromatic N) is 3. The van der Waals surface area contributed by atoms with E-state index in [-0.39, 0.29) is 17.9 Å². The Morgan fingerprint density at radius 3 is 2.86 bits per heavy atom. The van der Waals surface area contributed by atoms with Crippen LogP contribution in [0.3, 0.4) is 0 Å². The summed E-state index contributed by atoms with van der Waals surface area (Å²) in [5.74, 6) is -0.0108. The second-order valence-corrected chi connectivity index (χ2v) is 8.77. The van der Waals surface area contributed by atoms with Gasteiger partial charge >= 0.3 is 0 Å². The summed E-state index contributed by atoms with van der Waals surface area (Å²) in [6.45, 7) is 2.21. The number of nitrogens with one attached hydrogen (secondary N) is 1. The normalized spacial score (nSPS) is 29.6. The van der Waals surface area contributed by atoms with Crippen molar-refractivity contribution in [1.29, 1.82) is 0 Å². The van der Waals surface area contributed by atoms with Gasteiger partial charge in [0.2, 0.25) is 15.9 Å². The predicted molar refractivity (Wildman–Crippen MR) is 83.8 cm³/mol. The lowest BCUT2D eigenvalue weighted by molar-refractivity contribution is -0.124. The van der Waals surface area contributed by atoms with E-state index in [2.05, 4.69) is 15.2 Å². The number of carbonyl (C=O) groups is 1. The smallest absolute Gasteiger partial charge is 0.238 e. The minimum absolute atomic E-state index is 0.114. The lowest BCUT2D eigenvalue weighted by Gasteiger charge is -2.27. The summed E-state index contributed by atoms with van der Waals surface area (Å²) in [5, 5.41) is 5.56. The Balaban J connectivity index is 1.76. The predicted octanol–water partition coefficient (Wildman–Crippen LogP) is -0.277. The maximum atomic E-state index is 12.1. The van der Waals surface area contributed by atoms with E-state index in [0.29, 0.717) is 13.0 Å². The van der Waals surface area contributed by atoms with Crippen LogP contribution in [0.15, 0.2) is 11.6 Å². The number of fused-ring (bicyclic) bond motifs is 1. The Bertz CT molecular complexity index is 646. The van der Waals surface area contributed by atoms with Gasteiger partial charge in [-0.2, -0.15) is 4.31 Å². The van der Waals surface area contributed by atoms with Gasteiger partial charge in [-0.1, -0.05) is 0 Å². The summed E-state index contributed by atoms with van der Waals surface area (Å²) < 4.78 is 25.7. The topological polar surface area (TPSA) is 82.6 Å². The maximum Gasteiger partial charge on any atom is 0.238 e. The number of hydrogen-bond acceptors (Lipinski definition) is 6. The molecule has 2 saturated heterocycles. The van der Waals surface area contributed by atoms with Crippen molar-refractivity contribution < 1.29 is 13.2 Å². The first-order valence-corrected chi connectivity index (χ1v) is 9.93. The molecule has 1 N–H and O–H groups in total. The van der Waals surface area contributed by atoms with Crippen molar-refractivity contribution in [1.82, 2.24) is 19.5 Å². The van der Waals surface area contributed by atoms with Crippen LogP contribution in [-0.4, -0.2) is 67.0 Å². The number of thiazole rings is 1. The molecule has 3 heterocycles. The summed E-state index contributed by atoms with van der Waals surface area (Å²) in [5.41, 5.74) is 0. The van der Waals surface area contributed by atoms with Crippen LogP contribution in [-0.2, 0) is 21.4 Å². The molecule has 3 atom stereocenters. The number of rotatable bonds is 4. The second kappa shape index (κ2) is 5.88. The van der Waals surface area contributed by atoms with Crippen LogP contribution in [0, 0.1) is 5.92 Å². The molecular formula is C13H20N4O3S2.